The Morgan fingerprint density at radius 1 is 1.35 bits per heavy atom. The molecule has 0 amide bonds. The van der Waals surface area contributed by atoms with Crippen molar-refractivity contribution in [2.24, 2.45) is 0 Å². The van der Waals surface area contributed by atoms with Crippen molar-refractivity contribution in [3.05, 3.63) is 29.8 Å². The van der Waals surface area contributed by atoms with E-state index in [0.29, 0.717) is 11.5 Å². The highest BCUT2D eigenvalue weighted by atomic mass is 16.6. The number of ketones is 1. The monoisotopic (exact) mass is 274 g/mol. The molecule has 2 aliphatic rings. The van der Waals surface area contributed by atoms with Gasteiger partial charge in [0.05, 0.1) is 20.3 Å². The minimum Gasteiger partial charge on any atom is -0.493 e. The molecule has 20 heavy (non-hydrogen) atoms. The van der Waals surface area contributed by atoms with Gasteiger partial charge in [-0.2, -0.15) is 0 Å². The van der Waals surface area contributed by atoms with Crippen LogP contribution in [0, 0.1) is 0 Å². The fourth-order valence-corrected chi connectivity index (χ4v) is 2.89. The number of hydrogen-bond acceptors (Lipinski definition) is 4. The quantitative estimate of drug-likeness (QED) is 0.611. The summed E-state index contributed by atoms with van der Waals surface area (Å²) >= 11 is 0. The summed E-state index contributed by atoms with van der Waals surface area (Å²) in [6.45, 7) is 0. The molecule has 2 atom stereocenters. The number of ether oxygens (including phenoxy) is 3. The van der Waals surface area contributed by atoms with Crippen molar-refractivity contribution >= 4 is 11.9 Å². The largest absolute Gasteiger partial charge is 0.493 e. The highest BCUT2D eigenvalue weighted by molar-refractivity contribution is 6.02. The fraction of sp³-hybridized carbons (Fsp3) is 0.438. The summed E-state index contributed by atoms with van der Waals surface area (Å²) in [6, 6.07) is 5.57. The number of fused-ring (bicyclic) bond motifs is 1. The summed E-state index contributed by atoms with van der Waals surface area (Å²) in [6.07, 6.45) is 6.52. The molecule has 1 heterocycles. The first-order valence-electron chi connectivity index (χ1n) is 6.82. The van der Waals surface area contributed by atoms with Crippen LogP contribution in [0.4, 0.5) is 0 Å². The molecule has 1 aromatic rings. The van der Waals surface area contributed by atoms with Crippen LogP contribution in [0.1, 0.15) is 24.8 Å². The second kappa shape index (κ2) is 4.94. The van der Waals surface area contributed by atoms with Crippen molar-refractivity contribution in [1.29, 1.82) is 0 Å². The maximum atomic E-state index is 12.2. The predicted molar refractivity (Wildman–Crippen MR) is 75.0 cm³/mol. The van der Waals surface area contributed by atoms with Gasteiger partial charge in [-0.15, -0.1) is 0 Å². The van der Waals surface area contributed by atoms with Gasteiger partial charge in [0.1, 0.15) is 0 Å². The van der Waals surface area contributed by atoms with E-state index in [2.05, 4.69) is 0 Å². The van der Waals surface area contributed by atoms with E-state index < -0.39 is 5.60 Å². The SMILES string of the molecule is COc1ccc(/C=C/C(=O)[C@@]23CCC[C@@H]2O3)cc1OC. The van der Waals surface area contributed by atoms with E-state index in [1.807, 2.05) is 18.2 Å². The summed E-state index contributed by atoms with van der Waals surface area (Å²) in [7, 11) is 3.19. The maximum Gasteiger partial charge on any atom is 0.190 e. The molecule has 2 fully saturated rings. The Balaban J connectivity index is 1.74. The van der Waals surface area contributed by atoms with Gasteiger partial charge in [0.25, 0.3) is 0 Å². The zero-order chi connectivity index (χ0) is 14.2. The van der Waals surface area contributed by atoms with Gasteiger partial charge < -0.3 is 14.2 Å². The van der Waals surface area contributed by atoms with E-state index in [4.69, 9.17) is 14.2 Å². The van der Waals surface area contributed by atoms with Crippen molar-refractivity contribution < 1.29 is 19.0 Å². The van der Waals surface area contributed by atoms with E-state index >= 15 is 0 Å². The van der Waals surface area contributed by atoms with Gasteiger partial charge >= 0.3 is 0 Å². The van der Waals surface area contributed by atoms with Gasteiger partial charge in [-0.25, -0.2) is 0 Å². The first kappa shape index (κ1) is 13.2. The van der Waals surface area contributed by atoms with Gasteiger partial charge in [-0.3, -0.25) is 4.79 Å². The molecule has 106 valence electrons. The molecule has 1 aromatic carbocycles. The predicted octanol–water partition coefficient (Wildman–Crippen LogP) is 2.61. The average molecular weight is 274 g/mol. The molecular formula is C16H18O4. The summed E-state index contributed by atoms with van der Waals surface area (Å²) in [5.41, 5.74) is 0.412. The molecule has 1 saturated carbocycles. The second-order valence-corrected chi connectivity index (χ2v) is 5.20. The number of carbonyl (C=O) groups is 1. The van der Waals surface area contributed by atoms with Crippen LogP contribution in [-0.4, -0.2) is 31.7 Å². The minimum absolute atomic E-state index is 0.0785. The Labute approximate surface area is 118 Å². The number of carbonyl (C=O) groups excluding carboxylic acids is 1. The Morgan fingerprint density at radius 2 is 2.15 bits per heavy atom. The average Bonchev–Trinajstić information content (AvgIpc) is 3.06. The summed E-state index contributed by atoms with van der Waals surface area (Å²) in [4.78, 5) is 12.2. The van der Waals surface area contributed by atoms with Gasteiger partial charge in [-0.1, -0.05) is 12.1 Å². The molecule has 0 radical (unpaired) electrons. The third-order valence-electron chi connectivity index (χ3n) is 4.08. The minimum atomic E-state index is -0.493. The molecular weight excluding hydrogens is 256 g/mol. The number of rotatable bonds is 5. The number of benzene rings is 1. The van der Waals surface area contributed by atoms with Crippen LogP contribution in [0.3, 0.4) is 0 Å². The van der Waals surface area contributed by atoms with Gasteiger partial charge in [0.2, 0.25) is 0 Å². The van der Waals surface area contributed by atoms with Crippen LogP contribution in [0.25, 0.3) is 6.08 Å². The van der Waals surface area contributed by atoms with Crippen molar-refractivity contribution in [3.63, 3.8) is 0 Å². The molecule has 0 N–H and O–H groups in total. The maximum absolute atomic E-state index is 12.2. The van der Waals surface area contributed by atoms with Crippen molar-refractivity contribution in [2.45, 2.75) is 31.0 Å². The van der Waals surface area contributed by atoms with Crippen LogP contribution in [0.5, 0.6) is 11.5 Å². The van der Waals surface area contributed by atoms with Gasteiger partial charge in [-0.05, 0) is 43.0 Å². The smallest absolute Gasteiger partial charge is 0.190 e. The van der Waals surface area contributed by atoms with Crippen LogP contribution < -0.4 is 9.47 Å². The third-order valence-corrected chi connectivity index (χ3v) is 4.08. The van der Waals surface area contributed by atoms with Crippen molar-refractivity contribution in [3.8, 4) is 11.5 Å². The third kappa shape index (κ3) is 2.10. The van der Waals surface area contributed by atoms with E-state index in [1.165, 1.54) is 0 Å². The normalized spacial score (nSPS) is 27.4. The Hall–Kier alpha value is -1.81. The molecule has 0 unspecified atom stereocenters. The first-order valence-corrected chi connectivity index (χ1v) is 6.82. The standard InChI is InChI=1S/C16H18O4/c1-18-12-7-5-11(10-13(12)19-2)6-8-14(17)16-9-3-4-15(16)20-16/h5-8,10,15H,3-4,9H2,1-2H3/b8-6+/t15-,16-/m0/s1. The Kier molecular flexibility index (Phi) is 3.26. The molecule has 0 spiro atoms. The molecule has 4 heteroatoms. The second-order valence-electron chi connectivity index (χ2n) is 5.20. The van der Waals surface area contributed by atoms with Crippen LogP contribution in [-0.2, 0) is 9.53 Å². The molecule has 0 bridgehead atoms. The molecule has 4 nitrogen and oxygen atoms in total. The number of epoxide rings is 1. The van der Waals surface area contributed by atoms with Gasteiger partial charge in [0.15, 0.2) is 22.9 Å². The van der Waals surface area contributed by atoms with Crippen LogP contribution >= 0.6 is 0 Å². The summed E-state index contributed by atoms with van der Waals surface area (Å²) in [5.74, 6) is 1.41. The summed E-state index contributed by atoms with van der Waals surface area (Å²) in [5, 5.41) is 0. The van der Waals surface area contributed by atoms with E-state index in [1.54, 1.807) is 26.4 Å². The van der Waals surface area contributed by atoms with Crippen molar-refractivity contribution in [2.75, 3.05) is 14.2 Å². The molecule has 1 aliphatic heterocycles. The first-order chi connectivity index (χ1) is 9.69. The van der Waals surface area contributed by atoms with Crippen LogP contribution in [0.2, 0.25) is 0 Å². The van der Waals surface area contributed by atoms with Crippen molar-refractivity contribution in [1.82, 2.24) is 0 Å². The lowest BCUT2D eigenvalue weighted by Gasteiger charge is -2.07. The fourth-order valence-electron chi connectivity index (χ4n) is 2.89. The van der Waals surface area contributed by atoms with E-state index in [0.717, 1.165) is 24.8 Å². The van der Waals surface area contributed by atoms with E-state index in [-0.39, 0.29) is 11.9 Å². The Bertz CT molecular complexity index is 564. The molecule has 1 aliphatic carbocycles. The molecule has 0 aromatic heterocycles. The van der Waals surface area contributed by atoms with Crippen LogP contribution in [0.15, 0.2) is 24.3 Å². The Morgan fingerprint density at radius 3 is 2.75 bits per heavy atom. The lowest BCUT2D eigenvalue weighted by Crippen LogP contribution is -2.21. The molecule has 1 saturated heterocycles. The zero-order valence-electron chi connectivity index (χ0n) is 11.7. The van der Waals surface area contributed by atoms with Gasteiger partial charge in [0, 0.05) is 0 Å². The number of hydrogen-bond donors (Lipinski definition) is 0. The lowest BCUT2D eigenvalue weighted by atomic mass is 10.0. The van der Waals surface area contributed by atoms with E-state index in [9.17, 15) is 4.79 Å². The highest BCUT2D eigenvalue weighted by Crippen LogP contribution is 2.50. The number of methoxy groups -OCH3 is 2. The topological polar surface area (TPSA) is 48.1 Å². The zero-order valence-corrected chi connectivity index (χ0v) is 11.7. The lowest BCUT2D eigenvalue weighted by molar-refractivity contribution is -0.119. The summed E-state index contributed by atoms with van der Waals surface area (Å²) < 4.78 is 16.0. The highest BCUT2D eigenvalue weighted by Gasteiger charge is 2.63. The molecule has 3 rings (SSSR count).